The monoisotopic (exact) mass is 297 g/mol. The molecule has 106 valence electrons. The first kappa shape index (κ1) is 12.9. The van der Waals surface area contributed by atoms with Crippen LogP contribution in [0.2, 0.25) is 5.02 Å². The Balaban J connectivity index is 1.77. The lowest BCUT2D eigenvalue weighted by atomic mass is 10.0. The van der Waals surface area contributed by atoms with Gasteiger partial charge in [0.25, 0.3) is 0 Å². The predicted molar refractivity (Wildman–Crippen MR) is 86.5 cm³/mol. The van der Waals surface area contributed by atoms with E-state index in [-0.39, 0.29) is 0 Å². The Morgan fingerprint density at radius 1 is 1.10 bits per heavy atom. The highest BCUT2D eigenvalue weighted by atomic mass is 35.5. The molecule has 1 fully saturated rings. The largest absolute Gasteiger partial charge is 0.462 e. The van der Waals surface area contributed by atoms with Gasteiger partial charge in [0.2, 0.25) is 0 Å². The van der Waals surface area contributed by atoms with E-state index in [9.17, 15) is 0 Å². The SMILES string of the molecule is Clc1cc(-c2ccccc2)cc2c(CNC3CC3)coc12. The van der Waals surface area contributed by atoms with Crippen LogP contribution in [0.25, 0.3) is 22.1 Å². The molecular formula is C18H16ClNO. The van der Waals surface area contributed by atoms with Crippen molar-refractivity contribution in [1.82, 2.24) is 5.32 Å². The van der Waals surface area contributed by atoms with E-state index in [0.29, 0.717) is 11.1 Å². The standard InChI is InChI=1S/C18H16ClNO/c19-17-9-13(12-4-2-1-3-5-12)8-16-14(11-21-18(16)17)10-20-15-6-7-15/h1-5,8-9,11,15,20H,6-7,10H2. The van der Waals surface area contributed by atoms with E-state index in [1.165, 1.54) is 24.0 Å². The fourth-order valence-electron chi connectivity index (χ4n) is 2.62. The molecule has 1 aliphatic carbocycles. The molecule has 0 spiro atoms. The number of benzene rings is 2. The molecule has 1 aliphatic rings. The first-order chi connectivity index (χ1) is 10.3. The van der Waals surface area contributed by atoms with E-state index >= 15 is 0 Å². The first-order valence-electron chi connectivity index (χ1n) is 7.30. The number of hydrogen-bond acceptors (Lipinski definition) is 2. The maximum absolute atomic E-state index is 6.39. The van der Waals surface area contributed by atoms with Crippen LogP contribution in [0.1, 0.15) is 18.4 Å². The van der Waals surface area contributed by atoms with Crippen LogP contribution in [0.4, 0.5) is 0 Å². The topological polar surface area (TPSA) is 25.2 Å². The Morgan fingerprint density at radius 2 is 1.90 bits per heavy atom. The van der Waals surface area contributed by atoms with Crippen molar-refractivity contribution in [3.63, 3.8) is 0 Å². The second-order valence-corrected chi connectivity index (χ2v) is 6.02. The summed E-state index contributed by atoms with van der Waals surface area (Å²) in [5, 5.41) is 5.30. The zero-order chi connectivity index (χ0) is 14.2. The summed E-state index contributed by atoms with van der Waals surface area (Å²) in [7, 11) is 0. The van der Waals surface area contributed by atoms with Gasteiger partial charge in [-0.25, -0.2) is 0 Å². The fraction of sp³-hybridized carbons (Fsp3) is 0.222. The molecule has 21 heavy (non-hydrogen) atoms. The van der Waals surface area contributed by atoms with Gasteiger partial charge in [0.05, 0.1) is 11.3 Å². The number of rotatable bonds is 4. The maximum Gasteiger partial charge on any atom is 0.152 e. The van der Waals surface area contributed by atoms with Gasteiger partial charge in [0.15, 0.2) is 5.58 Å². The van der Waals surface area contributed by atoms with Gasteiger partial charge in [0, 0.05) is 23.5 Å². The summed E-state index contributed by atoms with van der Waals surface area (Å²) in [5.41, 5.74) is 4.26. The van der Waals surface area contributed by atoms with Gasteiger partial charge in [0.1, 0.15) is 0 Å². The Kier molecular flexibility index (Phi) is 3.21. The molecule has 4 rings (SSSR count). The van der Waals surface area contributed by atoms with Crippen molar-refractivity contribution in [2.75, 3.05) is 0 Å². The van der Waals surface area contributed by atoms with Crippen molar-refractivity contribution >= 4 is 22.6 Å². The number of nitrogens with one attached hydrogen (secondary N) is 1. The molecule has 2 nitrogen and oxygen atoms in total. The van der Waals surface area contributed by atoms with Crippen molar-refractivity contribution in [3.05, 3.63) is 59.3 Å². The van der Waals surface area contributed by atoms with Crippen LogP contribution in [0.15, 0.2) is 53.1 Å². The molecule has 3 heteroatoms. The van der Waals surface area contributed by atoms with E-state index < -0.39 is 0 Å². The smallest absolute Gasteiger partial charge is 0.152 e. The lowest BCUT2D eigenvalue weighted by Gasteiger charge is -2.05. The Labute approximate surface area is 128 Å². The molecule has 2 aromatic carbocycles. The predicted octanol–water partition coefficient (Wildman–Crippen LogP) is 5.01. The first-order valence-corrected chi connectivity index (χ1v) is 7.67. The molecule has 3 aromatic rings. The minimum atomic E-state index is 0.670. The van der Waals surface area contributed by atoms with E-state index in [2.05, 4.69) is 23.5 Å². The van der Waals surface area contributed by atoms with Crippen molar-refractivity contribution < 1.29 is 4.42 Å². The zero-order valence-corrected chi connectivity index (χ0v) is 12.4. The molecule has 0 bridgehead atoms. The number of fused-ring (bicyclic) bond motifs is 1. The van der Waals surface area contributed by atoms with Crippen LogP contribution >= 0.6 is 11.6 Å². The van der Waals surface area contributed by atoms with Gasteiger partial charge in [-0.1, -0.05) is 41.9 Å². The van der Waals surface area contributed by atoms with Gasteiger partial charge in [-0.05, 0) is 36.1 Å². The Morgan fingerprint density at radius 3 is 2.67 bits per heavy atom. The van der Waals surface area contributed by atoms with E-state index in [4.69, 9.17) is 16.0 Å². The average molecular weight is 298 g/mol. The van der Waals surface area contributed by atoms with E-state index in [1.54, 1.807) is 0 Å². The molecule has 1 heterocycles. The normalized spacial score (nSPS) is 14.7. The molecule has 0 radical (unpaired) electrons. The van der Waals surface area contributed by atoms with Crippen LogP contribution in [0.3, 0.4) is 0 Å². The van der Waals surface area contributed by atoms with Gasteiger partial charge in [-0.15, -0.1) is 0 Å². The molecule has 1 N–H and O–H groups in total. The second-order valence-electron chi connectivity index (χ2n) is 5.62. The van der Waals surface area contributed by atoms with Crippen molar-refractivity contribution in [1.29, 1.82) is 0 Å². The summed E-state index contributed by atoms with van der Waals surface area (Å²) in [6.07, 6.45) is 4.39. The second kappa shape index (κ2) is 5.21. The van der Waals surface area contributed by atoms with Crippen LogP contribution in [0.5, 0.6) is 0 Å². The molecule has 1 aromatic heterocycles. The Bertz CT molecular complexity index is 775. The zero-order valence-electron chi connectivity index (χ0n) is 11.6. The van der Waals surface area contributed by atoms with Gasteiger partial charge in [-0.2, -0.15) is 0 Å². The summed E-state index contributed by atoms with van der Waals surface area (Å²) in [6, 6.07) is 15.1. The molecule has 1 saturated carbocycles. The van der Waals surface area contributed by atoms with E-state index in [1.807, 2.05) is 30.5 Å². The molecular weight excluding hydrogens is 282 g/mol. The third-order valence-electron chi connectivity index (χ3n) is 3.97. The molecule has 0 aliphatic heterocycles. The summed E-state index contributed by atoms with van der Waals surface area (Å²) in [5.74, 6) is 0. The molecule has 0 amide bonds. The van der Waals surface area contributed by atoms with Crippen molar-refractivity contribution in [3.8, 4) is 11.1 Å². The summed E-state index contributed by atoms with van der Waals surface area (Å²) in [6.45, 7) is 0.840. The summed E-state index contributed by atoms with van der Waals surface area (Å²) in [4.78, 5) is 0. The van der Waals surface area contributed by atoms with Gasteiger partial charge >= 0.3 is 0 Å². The molecule has 0 atom stereocenters. The highest BCUT2D eigenvalue weighted by Gasteiger charge is 2.21. The average Bonchev–Trinajstić information content (AvgIpc) is 3.25. The van der Waals surface area contributed by atoms with Crippen LogP contribution in [-0.2, 0) is 6.54 Å². The number of halogens is 1. The van der Waals surface area contributed by atoms with Crippen molar-refractivity contribution in [2.24, 2.45) is 0 Å². The van der Waals surface area contributed by atoms with Crippen LogP contribution in [-0.4, -0.2) is 6.04 Å². The highest BCUT2D eigenvalue weighted by Crippen LogP contribution is 2.34. The highest BCUT2D eigenvalue weighted by molar-refractivity contribution is 6.35. The van der Waals surface area contributed by atoms with Crippen molar-refractivity contribution in [2.45, 2.75) is 25.4 Å². The quantitative estimate of drug-likeness (QED) is 0.732. The summed E-state index contributed by atoms with van der Waals surface area (Å²) < 4.78 is 5.65. The maximum atomic E-state index is 6.39. The van der Waals surface area contributed by atoms with Gasteiger partial charge in [-0.3, -0.25) is 0 Å². The van der Waals surface area contributed by atoms with Gasteiger partial charge < -0.3 is 9.73 Å². The summed E-state index contributed by atoms with van der Waals surface area (Å²) >= 11 is 6.39. The lowest BCUT2D eigenvalue weighted by Crippen LogP contribution is -2.14. The number of hydrogen-bond donors (Lipinski definition) is 1. The Hall–Kier alpha value is -1.77. The fourth-order valence-corrected chi connectivity index (χ4v) is 2.89. The molecule has 0 unspecified atom stereocenters. The van der Waals surface area contributed by atoms with Crippen LogP contribution in [0, 0.1) is 0 Å². The third kappa shape index (κ3) is 2.57. The third-order valence-corrected chi connectivity index (χ3v) is 4.26. The molecule has 0 saturated heterocycles. The minimum Gasteiger partial charge on any atom is -0.462 e. The van der Waals surface area contributed by atoms with Crippen LogP contribution < -0.4 is 5.32 Å². The minimum absolute atomic E-state index is 0.670. The van der Waals surface area contributed by atoms with E-state index in [0.717, 1.165) is 23.1 Å². The lowest BCUT2D eigenvalue weighted by molar-refractivity contribution is 0.601. The number of furan rings is 1.